The Morgan fingerprint density at radius 2 is 1.94 bits per heavy atom. The third kappa shape index (κ3) is 3.27. The number of hydrogen-bond acceptors (Lipinski definition) is 3. The first-order valence-corrected chi connectivity index (χ1v) is 6.18. The third-order valence-electron chi connectivity index (χ3n) is 3.41. The molecule has 4 heteroatoms. The van der Waals surface area contributed by atoms with Gasteiger partial charge < -0.3 is 5.32 Å². The number of benzene rings is 1. The van der Waals surface area contributed by atoms with E-state index in [1.165, 1.54) is 5.56 Å². The summed E-state index contributed by atoms with van der Waals surface area (Å²) in [4.78, 5) is 10.8. The van der Waals surface area contributed by atoms with Crippen molar-refractivity contribution in [2.45, 2.75) is 44.3 Å². The summed E-state index contributed by atoms with van der Waals surface area (Å²) in [6.07, 6.45) is 3.70. The van der Waals surface area contributed by atoms with Crippen LogP contribution in [0.25, 0.3) is 0 Å². The second kappa shape index (κ2) is 5.77. The van der Waals surface area contributed by atoms with Crippen molar-refractivity contribution < 1.29 is 4.92 Å². The van der Waals surface area contributed by atoms with E-state index >= 15 is 0 Å². The maximum absolute atomic E-state index is 10.9. The fraction of sp³-hybridized carbons (Fsp3) is 0.538. The molecule has 0 amide bonds. The van der Waals surface area contributed by atoms with Crippen LogP contribution in [-0.4, -0.2) is 17.0 Å². The standard InChI is InChI=1S/C13H18N2O2/c16-15(17)13-9-5-4-8-12(13)14-10-11-6-2-1-3-7-11/h1-3,6-7,12-14H,4-5,8-10H2. The minimum absolute atomic E-state index is 0.0268. The van der Waals surface area contributed by atoms with Crippen LogP contribution in [0.15, 0.2) is 30.3 Å². The molecule has 0 radical (unpaired) electrons. The van der Waals surface area contributed by atoms with Crippen molar-refractivity contribution in [1.82, 2.24) is 5.32 Å². The molecule has 1 aliphatic rings. The van der Waals surface area contributed by atoms with E-state index in [2.05, 4.69) is 5.32 Å². The minimum atomic E-state index is -0.410. The largest absolute Gasteiger partial charge is 0.304 e. The second-order valence-electron chi connectivity index (χ2n) is 4.61. The summed E-state index contributed by atoms with van der Waals surface area (Å²) < 4.78 is 0. The molecule has 92 valence electrons. The Bertz CT molecular complexity index is 367. The SMILES string of the molecule is O=[N+]([O-])C1CCCCC1NCc1ccccc1. The van der Waals surface area contributed by atoms with Gasteiger partial charge in [0.05, 0.1) is 6.04 Å². The quantitative estimate of drug-likeness (QED) is 0.642. The molecule has 2 rings (SSSR count). The van der Waals surface area contributed by atoms with Crippen molar-refractivity contribution >= 4 is 0 Å². The number of hydrogen-bond donors (Lipinski definition) is 1. The molecule has 1 N–H and O–H groups in total. The summed E-state index contributed by atoms with van der Waals surface area (Å²) in [5.41, 5.74) is 1.18. The molecule has 0 aliphatic heterocycles. The molecule has 0 bridgehead atoms. The van der Waals surface area contributed by atoms with Gasteiger partial charge in [-0.1, -0.05) is 36.8 Å². The molecule has 0 saturated heterocycles. The van der Waals surface area contributed by atoms with Crippen molar-refractivity contribution in [2.75, 3.05) is 0 Å². The van der Waals surface area contributed by atoms with Crippen LogP contribution >= 0.6 is 0 Å². The number of nitrogens with one attached hydrogen (secondary N) is 1. The molecule has 0 spiro atoms. The van der Waals surface area contributed by atoms with E-state index < -0.39 is 6.04 Å². The number of nitrogens with zero attached hydrogens (tertiary/aromatic N) is 1. The van der Waals surface area contributed by atoms with Crippen LogP contribution in [0.2, 0.25) is 0 Å². The lowest BCUT2D eigenvalue weighted by atomic mass is 9.90. The zero-order valence-corrected chi connectivity index (χ0v) is 9.84. The lowest BCUT2D eigenvalue weighted by Gasteiger charge is -2.26. The Kier molecular flexibility index (Phi) is 4.09. The highest BCUT2D eigenvalue weighted by Gasteiger charge is 2.33. The molecule has 1 fully saturated rings. The molecular formula is C13H18N2O2. The monoisotopic (exact) mass is 234 g/mol. The molecule has 2 atom stereocenters. The molecule has 1 aliphatic carbocycles. The molecule has 1 aromatic carbocycles. The Balaban J connectivity index is 1.90. The number of rotatable bonds is 4. The van der Waals surface area contributed by atoms with Crippen molar-refractivity contribution in [1.29, 1.82) is 0 Å². The Labute approximate surface area is 101 Å². The molecular weight excluding hydrogens is 216 g/mol. The predicted octanol–water partition coefficient (Wildman–Crippen LogP) is 2.36. The smallest absolute Gasteiger partial charge is 0.228 e. The number of nitro groups is 1. The predicted molar refractivity (Wildman–Crippen MR) is 66.3 cm³/mol. The Morgan fingerprint density at radius 1 is 1.24 bits per heavy atom. The molecule has 4 nitrogen and oxygen atoms in total. The highest BCUT2D eigenvalue weighted by Crippen LogP contribution is 2.21. The first-order chi connectivity index (χ1) is 8.27. The van der Waals surface area contributed by atoms with Gasteiger partial charge in [0.2, 0.25) is 6.04 Å². The molecule has 1 saturated carbocycles. The van der Waals surface area contributed by atoms with Gasteiger partial charge in [0.15, 0.2) is 0 Å². The lowest BCUT2D eigenvalue weighted by Crippen LogP contribution is -2.45. The average Bonchev–Trinajstić information content (AvgIpc) is 2.38. The van der Waals surface area contributed by atoms with E-state index in [0.717, 1.165) is 25.8 Å². The van der Waals surface area contributed by atoms with Crippen LogP contribution in [0.5, 0.6) is 0 Å². The fourth-order valence-electron chi connectivity index (χ4n) is 2.45. The van der Waals surface area contributed by atoms with Gasteiger partial charge in [-0.2, -0.15) is 0 Å². The summed E-state index contributed by atoms with van der Waals surface area (Å²) in [7, 11) is 0. The van der Waals surface area contributed by atoms with E-state index in [-0.39, 0.29) is 11.0 Å². The zero-order chi connectivity index (χ0) is 12.1. The maximum Gasteiger partial charge on any atom is 0.228 e. The zero-order valence-electron chi connectivity index (χ0n) is 9.84. The topological polar surface area (TPSA) is 55.2 Å². The highest BCUT2D eigenvalue weighted by atomic mass is 16.6. The third-order valence-corrected chi connectivity index (χ3v) is 3.41. The summed E-state index contributed by atoms with van der Waals surface area (Å²) in [6, 6.07) is 9.65. The van der Waals surface area contributed by atoms with Gasteiger partial charge in [0.25, 0.3) is 0 Å². The van der Waals surface area contributed by atoms with Gasteiger partial charge in [-0.05, 0) is 18.4 Å². The van der Waals surface area contributed by atoms with E-state index in [9.17, 15) is 10.1 Å². The van der Waals surface area contributed by atoms with Crippen molar-refractivity contribution in [3.05, 3.63) is 46.0 Å². The van der Waals surface area contributed by atoms with Crippen molar-refractivity contribution in [3.63, 3.8) is 0 Å². The molecule has 1 aromatic rings. The van der Waals surface area contributed by atoms with Gasteiger partial charge in [0.1, 0.15) is 0 Å². The molecule has 17 heavy (non-hydrogen) atoms. The van der Waals surface area contributed by atoms with Crippen LogP contribution in [0.4, 0.5) is 0 Å². The van der Waals surface area contributed by atoms with E-state index in [1.54, 1.807) is 0 Å². The van der Waals surface area contributed by atoms with Crippen molar-refractivity contribution in [2.24, 2.45) is 0 Å². The first-order valence-electron chi connectivity index (χ1n) is 6.18. The van der Waals surface area contributed by atoms with Crippen LogP contribution in [-0.2, 0) is 6.54 Å². The van der Waals surface area contributed by atoms with Gasteiger partial charge >= 0.3 is 0 Å². The van der Waals surface area contributed by atoms with Gasteiger partial charge in [-0.15, -0.1) is 0 Å². The normalized spacial score (nSPS) is 24.5. The summed E-state index contributed by atoms with van der Waals surface area (Å²) in [6.45, 7) is 0.718. The van der Waals surface area contributed by atoms with Crippen LogP contribution < -0.4 is 5.32 Å². The summed E-state index contributed by atoms with van der Waals surface area (Å²) in [5, 5.41) is 14.3. The summed E-state index contributed by atoms with van der Waals surface area (Å²) in [5.74, 6) is 0. The van der Waals surface area contributed by atoms with Crippen molar-refractivity contribution in [3.8, 4) is 0 Å². The molecule has 0 heterocycles. The van der Waals surface area contributed by atoms with Crippen LogP contribution in [0, 0.1) is 10.1 Å². The van der Waals surface area contributed by atoms with Gasteiger partial charge in [0, 0.05) is 17.9 Å². The molecule has 0 aromatic heterocycles. The summed E-state index contributed by atoms with van der Waals surface area (Å²) >= 11 is 0. The average molecular weight is 234 g/mol. The van der Waals surface area contributed by atoms with Crippen LogP contribution in [0.1, 0.15) is 31.2 Å². The van der Waals surface area contributed by atoms with E-state index in [1.807, 2.05) is 30.3 Å². The minimum Gasteiger partial charge on any atom is -0.304 e. The Hall–Kier alpha value is -1.42. The van der Waals surface area contributed by atoms with Crippen LogP contribution in [0.3, 0.4) is 0 Å². The first kappa shape index (κ1) is 12.0. The highest BCUT2D eigenvalue weighted by molar-refractivity contribution is 5.14. The van der Waals surface area contributed by atoms with E-state index in [0.29, 0.717) is 6.42 Å². The lowest BCUT2D eigenvalue weighted by molar-refractivity contribution is -0.530. The Morgan fingerprint density at radius 3 is 2.65 bits per heavy atom. The van der Waals surface area contributed by atoms with E-state index in [4.69, 9.17) is 0 Å². The fourth-order valence-corrected chi connectivity index (χ4v) is 2.45. The molecule has 2 unspecified atom stereocenters. The van der Waals surface area contributed by atoms with Gasteiger partial charge in [-0.3, -0.25) is 10.1 Å². The maximum atomic E-state index is 10.9. The van der Waals surface area contributed by atoms with Gasteiger partial charge in [-0.25, -0.2) is 0 Å². The second-order valence-corrected chi connectivity index (χ2v) is 4.61.